The maximum atomic E-state index is 12.5. The van der Waals surface area contributed by atoms with Crippen molar-refractivity contribution in [1.29, 1.82) is 5.26 Å². The van der Waals surface area contributed by atoms with E-state index in [2.05, 4.69) is 21.5 Å². The fraction of sp³-hybridized carbons (Fsp3) is 0.318. The van der Waals surface area contributed by atoms with Crippen LogP contribution in [0.5, 0.6) is 0 Å². The summed E-state index contributed by atoms with van der Waals surface area (Å²) in [7, 11) is 0. The zero-order chi connectivity index (χ0) is 23.4. The zero-order valence-corrected chi connectivity index (χ0v) is 19.6. The molecule has 1 amide bonds. The molecule has 0 fully saturated rings. The van der Waals surface area contributed by atoms with Gasteiger partial charge in [-0.25, -0.2) is 4.98 Å². The summed E-state index contributed by atoms with van der Waals surface area (Å²) in [4.78, 5) is 27.9. The highest BCUT2D eigenvalue weighted by atomic mass is 35.5. The Morgan fingerprint density at radius 2 is 2.09 bits per heavy atom. The SMILES string of the molecule is CC(=O)OC(C)c1nc(C(=O)N[C@@H](C)Cn2ccc(-c3ccc(C#N)c(Cl)c3C)n2)cs1. The van der Waals surface area contributed by atoms with E-state index in [1.165, 1.54) is 18.3 Å². The van der Waals surface area contributed by atoms with Crippen LogP contribution in [0.1, 0.15) is 53.5 Å². The number of hydrogen-bond acceptors (Lipinski definition) is 7. The van der Waals surface area contributed by atoms with Crippen LogP contribution in [0, 0.1) is 18.3 Å². The number of amides is 1. The van der Waals surface area contributed by atoms with Crippen molar-refractivity contribution >= 4 is 34.8 Å². The first-order chi connectivity index (χ1) is 15.2. The number of carbonyl (C=O) groups excluding carboxylic acids is 2. The lowest BCUT2D eigenvalue weighted by molar-refractivity contribution is -0.145. The number of benzene rings is 1. The molecule has 10 heteroatoms. The van der Waals surface area contributed by atoms with E-state index in [1.807, 2.05) is 32.2 Å². The molecule has 0 bridgehead atoms. The summed E-state index contributed by atoms with van der Waals surface area (Å²) in [5, 5.41) is 19.2. The Bertz CT molecular complexity index is 1200. The molecule has 2 heterocycles. The van der Waals surface area contributed by atoms with Crippen LogP contribution in [0.3, 0.4) is 0 Å². The molecule has 0 aliphatic rings. The maximum absolute atomic E-state index is 12.5. The second-order valence-electron chi connectivity index (χ2n) is 7.33. The minimum Gasteiger partial charge on any atom is -0.455 e. The lowest BCUT2D eigenvalue weighted by atomic mass is 10.0. The van der Waals surface area contributed by atoms with Gasteiger partial charge in [0.15, 0.2) is 6.10 Å². The van der Waals surface area contributed by atoms with Crippen LogP contribution in [0.25, 0.3) is 11.3 Å². The topological polar surface area (TPSA) is 110 Å². The van der Waals surface area contributed by atoms with Crippen LogP contribution in [0.2, 0.25) is 5.02 Å². The van der Waals surface area contributed by atoms with Crippen molar-refractivity contribution < 1.29 is 14.3 Å². The molecule has 0 saturated carbocycles. The summed E-state index contributed by atoms with van der Waals surface area (Å²) in [6, 6.07) is 7.23. The van der Waals surface area contributed by atoms with Crippen molar-refractivity contribution in [2.75, 3.05) is 0 Å². The number of rotatable bonds is 7. The quantitative estimate of drug-likeness (QED) is 0.515. The summed E-state index contributed by atoms with van der Waals surface area (Å²) < 4.78 is 6.84. The lowest BCUT2D eigenvalue weighted by Crippen LogP contribution is -2.36. The highest BCUT2D eigenvalue weighted by Gasteiger charge is 2.18. The molecule has 2 aromatic heterocycles. The highest BCUT2D eigenvalue weighted by molar-refractivity contribution is 7.09. The Hall–Kier alpha value is -3.22. The number of nitriles is 1. The van der Waals surface area contributed by atoms with Crippen molar-refractivity contribution in [3.8, 4) is 17.3 Å². The van der Waals surface area contributed by atoms with Gasteiger partial charge in [0.25, 0.3) is 5.91 Å². The van der Waals surface area contributed by atoms with Gasteiger partial charge in [-0.1, -0.05) is 17.7 Å². The van der Waals surface area contributed by atoms with Gasteiger partial charge in [0.1, 0.15) is 16.8 Å². The third kappa shape index (κ3) is 5.33. The summed E-state index contributed by atoms with van der Waals surface area (Å²) in [6.45, 7) is 7.22. The van der Waals surface area contributed by atoms with Crippen molar-refractivity contribution in [2.24, 2.45) is 0 Å². The lowest BCUT2D eigenvalue weighted by Gasteiger charge is -2.13. The smallest absolute Gasteiger partial charge is 0.303 e. The predicted octanol–water partition coefficient (Wildman–Crippen LogP) is 4.28. The number of nitrogens with one attached hydrogen (secondary N) is 1. The number of halogens is 1. The molecule has 3 aromatic rings. The van der Waals surface area contributed by atoms with E-state index < -0.39 is 12.1 Å². The Morgan fingerprint density at radius 3 is 2.78 bits per heavy atom. The molecule has 0 spiro atoms. The molecule has 8 nitrogen and oxygen atoms in total. The number of esters is 1. The number of hydrogen-bond donors (Lipinski definition) is 1. The Morgan fingerprint density at radius 1 is 1.34 bits per heavy atom. The van der Waals surface area contributed by atoms with Crippen molar-refractivity contribution in [1.82, 2.24) is 20.1 Å². The molecule has 1 N–H and O–H groups in total. The zero-order valence-electron chi connectivity index (χ0n) is 18.0. The second-order valence-corrected chi connectivity index (χ2v) is 8.60. The van der Waals surface area contributed by atoms with Crippen molar-refractivity contribution in [3.63, 3.8) is 0 Å². The van der Waals surface area contributed by atoms with Crippen molar-refractivity contribution in [2.45, 2.75) is 46.4 Å². The molecule has 1 unspecified atom stereocenters. The van der Waals surface area contributed by atoms with E-state index in [-0.39, 0.29) is 17.6 Å². The number of carbonyl (C=O) groups is 2. The number of aromatic nitrogens is 3. The molecule has 1 aromatic carbocycles. The van der Waals surface area contributed by atoms with Gasteiger partial charge in [-0.3, -0.25) is 14.3 Å². The molecule has 0 aliphatic heterocycles. The summed E-state index contributed by atoms with van der Waals surface area (Å²) in [5.41, 5.74) is 3.08. The van der Waals surface area contributed by atoms with E-state index in [0.717, 1.165) is 16.8 Å². The van der Waals surface area contributed by atoms with E-state index in [9.17, 15) is 9.59 Å². The average molecular weight is 472 g/mol. The molecule has 166 valence electrons. The largest absolute Gasteiger partial charge is 0.455 e. The van der Waals surface area contributed by atoms with Crippen molar-refractivity contribution in [3.05, 3.63) is 56.6 Å². The molecular formula is C22H22ClN5O3S. The normalized spacial score (nSPS) is 12.6. The highest BCUT2D eigenvalue weighted by Crippen LogP contribution is 2.30. The third-order valence-electron chi connectivity index (χ3n) is 4.71. The minimum absolute atomic E-state index is 0.211. The van der Waals surface area contributed by atoms with Crippen LogP contribution < -0.4 is 5.32 Å². The molecule has 3 rings (SSSR count). The molecule has 0 aliphatic carbocycles. The van der Waals surface area contributed by atoms with E-state index in [1.54, 1.807) is 23.1 Å². The van der Waals surface area contributed by atoms with Gasteiger partial charge < -0.3 is 10.1 Å². The summed E-state index contributed by atoms with van der Waals surface area (Å²) in [6.07, 6.45) is 1.32. The molecule has 2 atom stereocenters. The van der Waals surface area contributed by atoms with E-state index in [0.29, 0.717) is 22.1 Å². The van der Waals surface area contributed by atoms with Crippen LogP contribution in [0.4, 0.5) is 0 Å². The first-order valence-electron chi connectivity index (χ1n) is 9.86. The van der Waals surface area contributed by atoms with Gasteiger partial charge in [-0.15, -0.1) is 11.3 Å². The van der Waals surface area contributed by atoms with Crippen LogP contribution in [0.15, 0.2) is 29.8 Å². The van der Waals surface area contributed by atoms with Gasteiger partial charge in [-0.2, -0.15) is 10.4 Å². The number of thiazole rings is 1. The van der Waals surface area contributed by atoms with Gasteiger partial charge in [0.05, 0.1) is 22.8 Å². The monoisotopic (exact) mass is 471 g/mol. The van der Waals surface area contributed by atoms with E-state index in [4.69, 9.17) is 21.6 Å². The fourth-order valence-corrected chi connectivity index (χ4v) is 4.15. The van der Waals surface area contributed by atoms with Gasteiger partial charge in [0.2, 0.25) is 0 Å². The number of nitrogens with zero attached hydrogens (tertiary/aromatic N) is 4. The Labute approximate surface area is 194 Å². The Balaban J connectivity index is 1.64. The van der Waals surface area contributed by atoms with Crippen LogP contribution in [-0.2, 0) is 16.1 Å². The second kappa shape index (κ2) is 9.94. The van der Waals surface area contributed by atoms with Gasteiger partial charge in [0, 0.05) is 30.1 Å². The third-order valence-corrected chi connectivity index (χ3v) is 6.20. The van der Waals surface area contributed by atoms with E-state index >= 15 is 0 Å². The summed E-state index contributed by atoms with van der Waals surface area (Å²) in [5.74, 6) is -0.707. The van der Waals surface area contributed by atoms with Gasteiger partial charge in [-0.05, 0) is 38.5 Å². The van der Waals surface area contributed by atoms with Crippen LogP contribution >= 0.6 is 22.9 Å². The maximum Gasteiger partial charge on any atom is 0.303 e. The molecular weight excluding hydrogens is 450 g/mol. The number of ether oxygens (including phenoxy) is 1. The first-order valence-corrected chi connectivity index (χ1v) is 11.1. The standard InChI is InChI=1S/C22H22ClN5O3S/c1-12(25-21(30)19-11-32-22(26-19)14(3)31-15(4)29)10-28-8-7-18(27-28)17-6-5-16(9-24)20(23)13(17)2/h5-8,11-12,14H,10H2,1-4H3,(H,25,30)/t12-,14?/m0/s1. The minimum atomic E-state index is -0.502. The first kappa shape index (κ1) is 23.4. The van der Waals surface area contributed by atoms with Crippen LogP contribution in [-0.4, -0.2) is 32.7 Å². The van der Waals surface area contributed by atoms with Gasteiger partial charge >= 0.3 is 5.97 Å². The Kier molecular flexibility index (Phi) is 7.28. The fourth-order valence-electron chi connectivity index (χ4n) is 3.16. The molecule has 32 heavy (non-hydrogen) atoms. The molecule has 0 saturated heterocycles. The predicted molar refractivity (Wildman–Crippen MR) is 121 cm³/mol. The summed E-state index contributed by atoms with van der Waals surface area (Å²) >= 11 is 7.53. The average Bonchev–Trinajstić information content (AvgIpc) is 3.39. The molecule has 0 radical (unpaired) electrons.